The van der Waals surface area contributed by atoms with Gasteiger partial charge in [0.05, 0.1) is 0 Å². The highest BCUT2D eigenvalue weighted by Crippen LogP contribution is 2.37. The van der Waals surface area contributed by atoms with E-state index in [0.717, 1.165) is 23.1 Å². The zero-order valence-corrected chi connectivity index (χ0v) is 19.6. The average molecular weight is 449 g/mol. The number of ether oxygens (including phenoxy) is 1. The molecule has 30 heavy (non-hydrogen) atoms. The monoisotopic (exact) mass is 448 g/mol. The fraction of sp³-hybridized carbons (Fsp3) is 0.458. The number of hydrogen-bond donors (Lipinski definition) is 0. The second-order valence-corrected chi connectivity index (χ2v) is 9.71. The molecular formula is C24H30Cl2N2O2. The summed E-state index contributed by atoms with van der Waals surface area (Å²) in [6, 6.07) is 16.3. The van der Waals surface area contributed by atoms with Crippen LogP contribution in [0, 0.1) is 0 Å². The number of piperazine rings is 1. The number of carbonyl (C=O) groups excluding carboxylic acids is 1. The van der Waals surface area contributed by atoms with Crippen molar-refractivity contribution in [2.24, 2.45) is 0 Å². The first kappa shape index (κ1) is 22.9. The molecule has 1 amide bonds. The third-order valence-electron chi connectivity index (χ3n) is 5.44. The average Bonchev–Trinajstić information content (AvgIpc) is 2.69. The van der Waals surface area contributed by atoms with Crippen molar-refractivity contribution in [1.82, 2.24) is 9.80 Å². The van der Waals surface area contributed by atoms with Gasteiger partial charge in [-0.3, -0.25) is 4.90 Å². The molecule has 1 saturated heterocycles. The van der Waals surface area contributed by atoms with Crippen LogP contribution in [-0.2, 0) is 4.74 Å². The number of benzene rings is 2. The lowest BCUT2D eigenvalue weighted by atomic mass is 9.87. The Balaban J connectivity index is 1.79. The number of amides is 1. The van der Waals surface area contributed by atoms with Gasteiger partial charge in [0.1, 0.15) is 5.60 Å². The maximum Gasteiger partial charge on any atom is 0.410 e. The lowest BCUT2D eigenvalue weighted by molar-refractivity contribution is 0.00895. The molecule has 1 heterocycles. The van der Waals surface area contributed by atoms with Crippen molar-refractivity contribution >= 4 is 29.3 Å². The van der Waals surface area contributed by atoms with E-state index in [1.165, 1.54) is 11.1 Å². The molecule has 4 nitrogen and oxygen atoms in total. The van der Waals surface area contributed by atoms with E-state index in [2.05, 4.69) is 36.1 Å². The molecule has 3 rings (SSSR count). The van der Waals surface area contributed by atoms with Crippen LogP contribution in [0.2, 0.25) is 10.0 Å². The Morgan fingerprint density at radius 3 is 1.80 bits per heavy atom. The standard InChI is InChI=1S/C24H30Cl2N2O2/c1-17(18-5-9-20(25)10-6-18)22(19-7-11-21(26)12-8-19)27-13-15-28(16-14-27)23(29)30-24(2,3)4/h5-12,17,22H,13-16H2,1-4H3. The van der Waals surface area contributed by atoms with E-state index < -0.39 is 5.60 Å². The van der Waals surface area contributed by atoms with Crippen LogP contribution in [0.5, 0.6) is 0 Å². The Hall–Kier alpha value is -1.75. The fourth-order valence-corrected chi connectivity index (χ4v) is 4.19. The van der Waals surface area contributed by atoms with Gasteiger partial charge in [-0.25, -0.2) is 4.79 Å². The first-order chi connectivity index (χ1) is 14.1. The highest BCUT2D eigenvalue weighted by molar-refractivity contribution is 6.30. The highest BCUT2D eigenvalue weighted by Gasteiger charge is 2.32. The Morgan fingerprint density at radius 2 is 1.33 bits per heavy atom. The smallest absolute Gasteiger partial charge is 0.410 e. The Labute approximate surface area is 189 Å². The SMILES string of the molecule is CC(c1ccc(Cl)cc1)C(c1ccc(Cl)cc1)N1CCN(C(=O)OC(C)(C)C)CC1. The summed E-state index contributed by atoms with van der Waals surface area (Å²) in [6.07, 6.45) is -0.240. The van der Waals surface area contributed by atoms with E-state index in [1.54, 1.807) is 4.90 Å². The van der Waals surface area contributed by atoms with Gasteiger partial charge in [-0.15, -0.1) is 0 Å². The molecule has 2 atom stereocenters. The van der Waals surface area contributed by atoms with E-state index in [9.17, 15) is 4.79 Å². The van der Waals surface area contributed by atoms with Crippen molar-refractivity contribution in [2.75, 3.05) is 26.2 Å². The zero-order valence-electron chi connectivity index (χ0n) is 18.1. The van der Waals surface area contributed by atoms with Crippen LogP contribution in [0.25, 0.3) is 0 Å². The van der Waals surface area contributed by atoms with Crippen molar-refractivity contribution in [2.45, 2.75) is 45.3 Å². The third kappa shape index (κ3) is 5.90. The summed E-state index contributed by atoms with van der Waals surface area (Å²) in [7, 11) is 0. The van der Waals surface area contributed by atoms with Crippen LogP contribution in [0.15, 0.2) is 48.5 Å². The fourth-order valence-electron chi connectivity index (χ4n) is 3.93. The van der Waals surface area contributed by atoms with Crippen molar-refractivity contribution in [3.63, 3.8) is 0 Å². The van der Waals surface area contributed by atoms with Gasteiger partial charge in [-0.05, 0) is 56.2 Å². The van der Waals surface area contributed by atoms with Crippen LogP contribution >= 0.6 is 23.2 Å². The quantitative estimate of drug-likeness (QED) is 0.542. The van der Waals surface area contributed by atoms with Crippen LogP contribution in [0.3, 0.4) is 0 Å². The van der Waals surface area contributed by atoms with Gasteiger partial charge in [0.2, 0.25) is 0 Å². The molecule has 162 valence electrons. The van der Waals surface area contributed by atoms with E-state index in [-0.39, 0.29) is 18.1 Å². The number of carbonyl (C=O) groups is 1. The van der Waals surface area contributed by atoms with Gasteiger partial charge in [-0.2, -0.15) is 0 Å². The summed E-state index contributed by atoms with van der Waals surface area (Å²) in [4.78, 5) is 16.7. The van der Waals surface area contributed by atoms with Crippen LogP contribution in [0.4, 0.5) is 4.79 Å². The lowest BCUT2D eigenvalue weighted by Gasteiger charge is -2.42. The van der Waals surface area contributed by atoms with Crippen LogP contribution < -0.4 is 0 Å². The minimum absolute atomic E-state index is 0.171. The van der Waals surface area contributed by atoms with Gasteiger partial charge in [-0.1, -0.05) is 54.4 Å². The summed E-state index contributed by atoms with van der Waals surface area (Å²) in [5, 5.41) is 1.46. The summed E-state index contributed by atoms with van der Waals surface area (Å²) >= 11 is 12.2. The molecule has 0 spiro atoms. The first-order valence-corrected chi connectivity index (χ1v) is 11.1. The summed E-state index contributed by atoms with van der Waals surface area (Å²) in [5.74, 6) is 0.247. The molecule has 6 heteroatoms. The maximum atomic E-state index is 12.4. The van der Waals surface area contributed by atoms with Gasteiger partial charge in [0.15, 0.2) is 0 Å². The van der Waals surface area contributed by atoms with E-state index >= 15 is 0 Å². The molecule has 1 fully saturated rings. The number of hydrogen-bond acceptors (Lipinski definition) is 3. The minimum atomic E-state index is -0.483. The summed E-state index contributed by atoms with van der Waals surface area (Å²) in [5.41, 5.74) is 1.96. The van der Waals surface area contributed by atoms with Crippen LogP contribution in [0.1, 0.15) is 50.8 Å². The number of halogens is 2. The number of nitrogens with zero attached hydrogens (tertiary/aromatic N) is 2. The van der Waals surface area contributed by atoms with Crippen molar-refractivity contribution in [3.05, 3.63) is 69.7 Å². The molecule has 0 aliphatic carbocycles. The lowest BCUT2D eigenvalue weighted by Crippen LogP contribution is -2.51. The molecule has 0 radical (unpaired) electrons. The van der Waals surface area contributed by atoms with E-state index in [0.29, 0.717) is 13.1 Å². The van der Waals surface area contributed by atoms with Crippen molar-refractivity contribution in [1.29, 1.82) is 0 Å². The molecule has 2 aromatic carbocycles. The molecule has 0 bridgehead atoms. The predicted molar refractivity (Wildman–Crippen MR) is 123 cm³/mol. The maximum absolute atomic E-state index is 12.4. The van der Waals surface area contributed by atoms with Crippen LogP contribution in [-0.4, -0.2) is 47.7 Å². The molecule has 1 aliphatic heterocycles. The third-order valence-corrected chi connectivity index (χ3v) is 5.94. The van der Waals surface area contributed by atoms with Crippen molar-refractivity contribution < 1.29 is 9.53 Å². The first-order valence-electron chi connectivity index (χ1n) is 10.4. The molecule has 0 saturated carbocycles. The van der Waals surface area contributed by atoms with Gasteiger partial charge in [0.25, 0.3) is 0 Å². The molecular weight excluding hydrogens is 419 g/mol. The molecule has 0 aromatic heterocycles. The normalized spacial score (nSPS) is 17.5. The molecule has 2 aromatic rings. The Morgan fingerprint density at radius 1 is 0.867 bits per heavy atom. The zero-order chi connectivity index (χ0) is 21.9. The van der Waals surface area contributed by atoms with E-state index in [1.807, 2.05) is 45.0 Å². The predicted octanol–water partition coefficient (Wildman–Crippen LogP) is 6.39. The topological polar surface area (TPSA) is 32.8 Å². The van der Waals surface area contributed by atoms with Gasteiger partial charge >= 0.3 is 6.09 Å². The minimum Gasteiger partial charge on any atom is -0.444 e. The van der Waals surface area contributed by atoms with Gasteiger partial charge in [0, 0.05) is 48.2 Å². The largest absolute Gasteiger partial charge is 0.444 e. The number of rotatable bonds is 4. The Bertz CT molecular complexity index is 839. The second kappa shape index (κ2) is 9.59. The molecule has 1 aliphatic rings. The highest BCUT2D eigenvalue weighted by atomic mass is 35.5. The summed E-state index contributed by atoms with van der Waals surface area (Å²) in [6.45, 7) is 10.8. The molecule has 2 unspecified atom stereocenters. The summed E-state index contributed by atoms with van der Waals surface area (Å²) < 4.78 is 5.54. The second-order valence-electron chi connectivity index (χ2n) is 8.84. The van der Waals surface area contributed by atoms with Gasteiger partial charge < -0.3 is 9.64 Å². The van der Waals surface area contributed by atoms with Crippen molar-refractivity contribution in [3.8, 4) is 0 Å². The van der Waals surface area contributed by atoms with E-state index in [4.69, 9.17) is 27.9 Å². The Kier molecular flexibility index (Phi) is 7.33. The molecule has 0 N–H and O–H groups in total.